The van der Waals surface area contributed by atoms with Crippen LogP contribution in [0.2, 0.25) is 0 Å². The molecule has 0 N–H and O–H groups in total. The van der Waals surface area contributed by atoms with Crippen molar-refractivity contribution in [1.82, 2.24) is 14.5 Å². The highest BCUT2D eigenvalue weighted by atomic mass is 15.2. The minimum absolute atomic E-state index is 0.669. The van der Waals surface area contributed by atoms with Crippen LogP contribution in [-0.4, -0.2) is 14.5 Å². The molecule has 0 bridgehead atoms. The van der Waals surface area contributed by atoms with Gasteiger partial charge in [-0.2, -0.15) is 0 Å². The van der Waals surface area contributed by atoms with Gasteiger partial charge in [0.05, 0.1) is 22.2 Å². The second-order valence-corrected chi connectivity index (χ2v) is 12.9. The molecule has 0 spiro atoms. The van der Waals surface area contributed by atoms with Crippen LogP contribution < -0.4 is 0 Å². The van der Waals surface area contributed by atoms with Crippen LogP contribution >= 0.6 is 0 Å². The van der Waals surface area contributed by atoms with Crippen LogP contribution in [0.3, 0.4) is 0 Å². The van der Waals surface area contributed by atoms with Crippen LogP contribution in [-0.2, 0) is 0 Å². The van der Waals surface area contributed by atoms with E-state index in [0.717, 1.165) is 38.6 Å². The number of benzene rings is 9. The van der Waals surface area contributed by atoms with E-state index in [0.29, 0.717) is 5.95 Å². The molecule has 0 aliphatic rings. The zero-order chi connectivity index (χ0) is 32.1. The van der Waals surface area contributed by atoms with E-state index in [4.69, 9.17) is 9.97 Å². The second kappa shape index (κ2) is 9.96. The third-order valence-corrected chi connectivity index (χ3v) is 10.3. The van der Waals surface area contributed by atoms with Crippen molar-refractivity contribution in [3.05, 3.63) is 164 Å². The molecule has 2 heterocycles. The maximum atomic E-state index is 5.51. The van der Waals surface area contributed by atoms with E-state index in [1.165, 1.54) is 59.2 Å². The van der Waals surface area contributed by atoms with Gasteiger partial charge in [-0.25, -0.2) is 9.97 Å². The number of nitrogens with zero attached hydrogens (tertiary/aromatic N) is 3. The fraction of sp³-hybridized carbons (Fsp3) is 0. The summed E-state index contributed by atoms with van der Waals surface area (Å²) in [4.78, 5) is 10.9. The van der Waals surface area contributed by atoms with E-state index in [-0.39, 0.29) is 0 Å². The average molecular weight is 622 g/mol. The second-order valence-electron chi connectivity index (χ2n) is 12.9. The van der Waals surface area contributed by atoms with Crippen molar-refractivity contribution in [2.24, 2.45) is 0 Å². The standard InChI is InChI=1S/C46H27N3/c1-2-14-30(15-3-1)44-42-31-16-6-4-12-28(31)23-26-39(42)47-46(48-44)49-40-27-25-37-35-20-9-8-18-33(35)34-19-10-11-21-36(34)41(37)43(40)38-24-22-29-13-5-7-17-32(29)45(38)49/h1-27H. The zero-order valence-electron chi connectivity index (χ0n) is 26.4. The van der Waals surface area contributed by atoms with Crippen LogP contribution in [0.25, 0.3) is 104 Å². The molecule has 0 saturated heterocycles. The lowest BCUT2D eigenvalue weighted by Crippen LogP contribution is -2.04. The van der Waals surface area contributed by atoms with Crippen molar-refractivity contribution < 1.29 is 0 Å². The number of hydrogen-bond acceptors (Lipinski definition) is 2. The molecular weight excluding hydrogens is 595 g/mol. The minimum atomic E-state index is 0.669. The summed E-state index contributed by atoms with van der Waals surface area (Å²) >= 11 is 0. The molecule has 3 heteroatoms. The highest BCUT2D eigenvalue weighted by Gasteiger charge is 2.22. The Morgan fingerprint density at radius 2 is 0.898 bits per heavy atom. The monoisotopic (exact) mass is 621 g/mol. The zero-order valence-corrected chi connectivity index (χ0v) is 26.4. The molecule has 11 aromatic rings. The van der Waals surface area contributed by atoms with Crippen molar-refractivity contribution in [3.8, 4) is 17.2 Å². The Balaban J connectivity index is 1.38. The van der Waals surface area contributed by atoms with Gasteiger partial charge in [0.2, 0.25) is 5.95 Å². The molecule has 2 aromatic heterocycles. The predicted octanol–water partition coefficient (Wildman–Crippen LogP) is 12.2. The van der Waals surface area contributed by atoms with E-state index in [1.807, 2.05) is 0 Å². The summed E-state index contributed by atoms with van der Waals surface area (Å²) in [5.41, 5.74) is 5.15. The highest BCUT2D eigenvalue weighted by Crippen LogP contribution is 2.45. The van der Waals surface area contributed by atoms with Crippen molar-refractivity contribution in [3.63, 3.8) is 0 Å². The topological polar surface area (TPSA) is 30.7 Å². The Labute approximate surface area is 281 Å². The molecule has 3 nitrogen and oxygen atoms in total. The Kier molecular flexibility index (Phi) is 5.38. The maximum absolute atomic E-state index is 5.51. The molecule has 226 valence electrons. The smallest absolute Gasteiger partial charge is 0.235 e. The molecule has 0 aliphatic heterocycles. The first kappa shape index (κ1) is 26.5. The fourth-order valence-corrected chi connectivity index (χ4v) is 8.27. The highest BCUT2D eigenvalue weighted by molar-refractivity contribution is 6.36. The number of fused-ring (bicyclic) bond motifs is 15. The summed E-state index contributed by atoms with van der Waals surface area (Å²) in [6.45, 7) is 0. The molecule has 0 unspecified atom stereocenters. The van der Waals surface area contributed by atoms with Crippen molar-refractivity contribution >= 4 is 86.6 Å². The van der Waals surface area contributed by atoms with Crippen LogP contribution in [0.1, 0.15) is 0 Å². The van der Waals surface area contributed by atoms with Crippen molar-refractivity contribution in [2.45, 2.75) is 0 Å². The van der Waals surface area contributed by atoms with E-state index < -0.39 is 0 Å². The van der Waals surface area contributed by atoms with Gasteiger partial charge in [-0.1, -0.05) is 152 Å². The van der Waals surface area contributed by atoms with Crippen LogP contribution in [0.15, 0.2) is 164 Å². The van der Waals surface area contributed by atoms with E-state index in [1.54, 1.807) is 0 Å². The predicted molar refractivity (Wildman–Crippen MR) is 207 cm³/mol. The molecule has 0 aliphatic carbocycles. The summed E-state index contributed by atoms with van der Waals surface area (Å²) in [6.07, 6.45) is 0. The molecule has 0 amide bonds. The maximum Gasteiger partial charge on any atom is 0.235 e. The first-order valence-corrected chi connectivity index (χ1v) is 16.8. The molecule has 49 heavy (non-hydrogen) atoms. The van der Waals surface area contributed by atoms with Crippen LogP contribution in [0, 0.1) is 0 Å². The summed E-state index contributed by atoms with van der Waals surface area (Å²) in [5, 5.41) is 15.8. The first-order chi connectivity index (χ1) is 24.3. The van der Waals surface area contributed by atoms with Gasteiger partial charge in [-0.3, -0.25) is 4.57 Å². The van der Waals surface area contributed by atoms with Crippen molar-refractivity contribution in [1.29, 1.82) is 0 Å². The van der Waals surface area contributed by atoms with Crippen LogP contribution in [0.4, 0.5) is 0 Å². The van der Waals surface area contributed by atoms with Gasteiger partial charge in [0.25, 0.3) is 0 Å². The molecule has 11 rings (SSSR count). The van der Waals surface area contributed by atoms with Gasteiger partial charge < -0.3 is 0 Å². The number of hydrogen-bond donors (Lipinski definition) is 0. The molecule has 0 saturated carbocycles. The average Bonchev–Trinajstić information content (AvgIpc) is 3.53. The van der Waals surface area contributed by atoms with Gasteiger partial charge in [0.15, 0.2) is 0 Å². The Bertz CT molecular complexity index is 3120. The molecule has 0 radical (unpaired) electrons. The fourth-order valence-electron chi connectivity index (χ4n) is 8.27. The summed E-state index contributed by atoms with van der Waals surface area (Å²) in [7, 11) is 0. The third-order valence-electron chi connectivity index (χ3n) is 10.3. The summed E-state index contributed by atoms with van der Waals surface area (Å²) in [6, 6.07) is 58.8. The molecule has 9 aromatic carbocycles. The van der Waals surface area contributed by atoms with Crippen molar-refractivity contribution in [2.75, 3.05) is 0 Å². The molecule has 0 fully saturated rings. The normalized spacial score (nSPS) is 12.1. The van der Waals surface area contributed by atoms with Crippen LogP contribution in [0.5, 0.6) is 0 Å². The molecule has 0 atom stereocenters. The Hall–Kier alpha value is -6.58. The number of rotatable bonds is 2. The lowest BCUT2D eigenvalue weighted by molar-refractivity contribution is 1.02. The summed E-state index contributed by atoms with van der Waals surface area (Å²) in [5.74, 6) is 0.669. The summed E-state index contributed by atoms with van der Waals surface area (Å²) < 4.78 is 2.32. The van der Waals surface area contributed by atoms with E-state index in [9.17, 15) is 0 Å². The van der Waals surface area contributed by atoms with Gasteiger partial charge in [-0.05, 0) is 55.2 Å². The Morgan fingerprint density at radius 3 is 1.65 bits per heavy atom. The largest absolute Gasteiger partial charge is 0.277 e. The molecular formula is C46H27N3. The van der Waals surface area contributed by atoms with Gasteiger partial charge in [0, 0.05) is 32.5 Å². The van der Waals surface area contributed by atoms with E-state index in [2.05, 4.69) is 168 Å². The Morgan fingerprint density at radius 1 is 0.347 bits per heavy atom. The SMILES string of the molecule is c1ccc(-c2nc(-n3c4ccc5c6ccccc6c6ccccc6c5c4c4ccc5ccccc5c43)nc3ccc4ccccc4c23)cc1. The number of aromatic nitrogens is 3. The van der Waals surface area contributed by atoms with Gasteiger partial charge >= 0.3 is 0 Å². The minimum Gasteiger partial charge on any atom is -0.277 e. The quantitative estimate of drug-likeness (QED) is 0.180. The van der Waals surface area contributed by atoms with Gasteiger partial charge in [0.1, 0.15) is 0 Å². The lowest BCUT2D eigenvalue weighted by atomic mass is 9.91. The lowest BCUT2D eigenvalue weighted by Gasteiger charge is -2.14. The third kappa shape index (κ3) is 3.67. The first-order valence-electron chi connectivity index (χ1n) is 16.8. The van der Waals surface area contributed by atoms with E-state index >= 15 is 0 Å². The van der Waals surface area contributed by atoms with Gasteiger partial charge in [-0.15, -0.1) is 0 Å².